The van der Waals surface area contributed by atoms with Crippen molar-refractivity contribution in [2.45, 2.75) is 145 Å². The number of hydrogen-bond acceptors (Lipinski definition) is 6. The molecule has 5 aliphatic rings. The molecule has 262 valence electrons. The van der Waals surface area contributed by atoms with Gasteiger partial charge in [-0.1, -0.05) is 86.3 Å². The zero-order chi connectivity index (χ0) is 33.9. The molecule has 3 N–H and O–H groups in total. The molecule has 1 saturated heterocycles. The second-order valence-corrected chi connectivity index (χ2v) is 17.7. The number of carboxylic acid groups (broad SMARTS) is 1. The maximum atomic E-state index is 13.4. The van der Waals surface area contributed by atoms with Crippen LogP contribution in [-0.4, -0.2) is 55.1 Å². The average molecular weight is 644 g/mol. The van der Waals surface area contributed by atoms with Gasteiger partial charge in [-0.3, -0.25) is 9.59 Å². The smallest absolute Gasteiger partial charge is 0.307 e. The number of fused-ring (bicyclic) bond motifs is 3. The number of hydrogen-bond donors (Lipinski definition) is 2. The van der Waals surface area contributed by atoms with E-state index in [9.17, 15) is 14.7 Å². The molecule has 0 radical (unpaired) electrons. The third kappa shape index (κ3) is 5.41. The van der Waals surface area contributed by atoms with Crippen molar-refractivity contribution in [2.75, 3.05) is 19.8 Å². The van der Waals surface area contributed by atoms with Gasteiger partial charge in [0.1, 0.15) is 12.2 Å². The molecule has 7 nitrogen and oxygen atoms in total. The van der Waals surface area contributed by atoms with Gasteiger partial charge >= 0.3 is 11.9 Å². The SMILES string of the molecule is CCCCCC(N)CO[C@H]1[C@H](OC(C)=O)C[C@@]23COCC1(C)[C@@H]2CC[C@H]1C3=CC[C@@]2(C)[C@H](C(=O)O)[C@@](C)([C@H](C)C(C)C)CC[C@]12C. The van der Waals surface area contributed by atoms with Crippen molar-refractivity contribution in [3.63, 3.8) is 0 Å². The minimum absolute atomic E-state index is 0.0451. The Labute approximate surface area is 279 Å². The lowest BCUT2D eigenvalue weighted by Crippen LogP contribution is -2.70. The van der Waals surface area contributed by atoms with Gasteiger partial charge in [-0.05, 0) is 84.9 Å². The van der Waals surface area contributed by atoms with Gasteiger partial charge in [-0.15, -0.1) is 0 Å². The average Bonchev–Trinajstić information content (AvgIpc) is 2.96. The molecule has 2 unspecified atom stereocenters. The van der Waals surface area contributed by atoms with Gasteiger partial charge in [0.15, 0.2) is 0 Å². The first-order valence-corrected chi connectivity index (χ1v) is 18.6. The highest BCUT2D eigenvalue weighted by atomic mass is 16.6. The molecule has 12 atom stereocenters. The van der Waals surface area contributed by atoms with Crippen molar-refractivity contribution in [3.8, 4) is 0 Å². The Morgan fingerprint density at radius 2 is 1.78 bits per heavy atom. The monoisotopic (exact) mass is 643 g/mol. The topological polar surface area (TPSA) is 108 Å². The Morgan fingerprint density at radius 3 is 2.41 bits per heavy atom. The summed E-state index contributed by atoms with van der Waals surface area (Å²) < 4.78 is 19.5. The number of rotatable bonds is 11. The molecular weight excluding hydrogens is 578 g/mol. The summed E-state index contributed by atoms with van der Waals surface area (Å²) in [4.78, 5) is 25.9. The normalized spacial score (nSPS) is 44.7. The van der Waals surface area contributed by atoms with Crippen LogP contribution in [0.3, 0.4) is 0 Å². The first kappa shape index (κ1) is 35.9. The van der Waals surface area contributed by atoms with Crippen LogP contribution in [0.25, 0.3) is 0 Å². The summed E-state index contributed by atoms with van der Waals surface area (Å²) in [6.45, 7) is 21.4. The van der Waals surface area contributed by atoms with E-state index in [1.807, 2.05) is 0 Å². The molecule has 1 heterocycles. The fourth-order valence-corrected chi connectivity index (χ4v) is 12.2. The van der Waals surface area contributed by atoms with E-state index in [0.717, 1.165) is 51.4 Å². The van der Waals surface area contributed by atoms with Gasteiger partial charge in [0, 0.05) is 23.8 Å². The highest BCUT2D eigenvalue weighted by Crippen LogP contribution is 2.75. The zero-order valence-electron chi connectivity index (χ0n) is 30.5. The molecule has 7 heteroatoms. The molecular formula is C39H65NO6. The minimum Gasteiger partial charge on any atom is -0.481 e. The van der Waals surface area contributed by atoms with Crippen molar-refractivity contribution < 1.29 is 28.9 Å². The largest absolute Gasteiger partial charge is 0.481 e. The van der Waals surface area contributed by atoms with Crippen LogP contribution in [0.1, 0.15) is 127 Å². The lowest BCUT2D eigenvalue weighted by atomic mass is 9.34. The Morgan fingerprint density at radius 1 is 1.07 bits per heavy atom. The highest BCUT2D eigenvalue weighted by Gasteiger charge is 2.72. The van der Waals surface area contributed by atoms with Crippen LogP contribution in [0, 0.1) is 56.7 Å². The summed E-state index contributed by atoms with van der Waals surface area (Å²) in [6, 6.07) is -0.0451. The van der Waals surface area contributed by atoms with Crippen LogP contribution < -0.4 is 5.73 Å². The third-order valence-electron chi connectivity index (χ3n) is 15.1. The third-order valence-corrected chi connectivity index (χ3v) is 15.1. The van der Waals surface area contributed by atoms with E-state index < -0.39 is 11.9 Å². The molecule has 2 bridgehead atoms. The highest BCUT2D eigenvalue weighted by molar-refractivity contribution is 5.73. The summed E-state index contributed by atoms with van der Waals surface area (Å²) in [5.41, 5.74) is 6.61. The quantitative estimate of drug-likeness (QED) is 0.134. The number of aliphatic carboxylic acids is 1. The van der Waals surface area contributed by atoms with Gasteiger partial charge in [0.05, 0.1) is 25.7 Å². The molecule has 4 aliphatic carbocycles. The number of nitrogens with two attached hydrogens (primary N) is 1. The van der Waals surface area contributed by atoms with Gasteiger partial charge in [0.2, 0.25) is 0 Å². The number of carbonyl (C=O) groups is 2. The molecule has 3 saturated carbocycles. The standard InChI is InChI=1S/C39H65NO6/c1-10-11-12-13-27(40)21-45-33-30(46-26(5)41)20-39-23-44-22-36(33,7)31(39)15-14-28-29(39)16-17-38(9)32(34(42)43)35(6,25(4)24(2)3)18-19-37(28,38)8/h16,24-25,27-28,30-33H,10-15,17-23,40H2,1-9H3,(H,42,43)/t25-,27?,28+,30-,31+,32-,33+,35-,36?,37-,38+,39+/m1/s1. The Hall–Kier alpha value is -1.44. The summed E-state index contributed by atoms with van der Waals surface area (Å²) in [6.07, 6.45) is 11.6. The molecule has 0 aromatic rings. The summed E-state index contributed by atoms with van der Waals surface area (Å²) in [5.74, 6) is 0.00348. The van der Waals surface area contributed by atoms with Crippen molar-refractivity contribution in [1.82, 2.24) is 0 Å². The number of carbonyl (C=O) groups excluding carboxylic acids is 1. The van der Waals surface area contributed by atoms with E-state index in [-0.39, 0.29) is 57.2 Å². The molecule has 4 fully saturated rings. The van der Waals surface area contributed by atoms with Crippen molar-refractivity contribution in [1.29, 1.82) is 0 Å². The van der Waals surface area contributed by atoms with Crippen molar-refractivity contribution >= 4 is 11.9 Å². The van der Waals surface area contributed by atoms with E-state index in [0.29, 0.717) is 44.0 Å². The minimum atomic E-state index is -0.638. The van der Waals surface area contributed by atoms with Crippen LogP contribution in [-0.2, 0) is 23.8 Å². The molecule has 5 rings (SSSR count). The molecule has 0 aromatic carbocycles. The molecule has 0 aromatic heterocycles. The van der Waals surface area contributed by atoms with Crippen LogP contribution in [0.2, 0.25) is 0 Å². The second kappa shape index (κ2) is 12.8. The van der Waals surface area contributed by atoms with E-state index in [1.165, 1.54) is 18.9 Å². The molecule has 46 heavy (non-hydrogen) atoms. The van der Waals surface area contributed by atoms with E-state index in [1.54, 1.807) is 0 Å². The van der Waals surface area contributed by atoms with Crippen LogP contribution in [0.4, 0.5) is 0 Å². The number of carboxylic acids is 1. The first-order valence-electron chi connectivity index (χ1n) is 18.6. The number of esters is 1. The Bertz CT molecular complexity index is 1180. The summed E-state index contributed by atoms with van der Waals surface area (Å²) in [7, 11) is 0. The van der Waals surface area contributed by atoms with Crippen LogP contribution in [0.5, 0.6) is 0 Å². The maximum Gasteiger partial charge on any atom is 0.307 e. The lowest BCUT2D eigenvalue weighted by molar-refractivity contribution is -0.267. The zero-order valence-corrected chi connectivity index (χ0v) is 30.5. The number of unbranched alkanes of at least 4 members (excludes halogenated alkanes) is 2. The predicted molar refractivity (Wildman–Crippen MR) is 181 cm³/mol. The fourth-order valence-electron chi connectivity index (χ4n) is 12.2. The van der Waals surface area contributed by atoms with E-state index >= 15 is 0 Å². The predicted octanol–water partition coefficient (Wildman–Crippen LogP) is 7.80. The number of ether oxygens (including phenoxy) is 3. The first-order chi connectivity index (χ1) is 21.5. The second-order valence-electron chi connectivity index (χ2n) is 17.7. The van der Waals surface area contributed by atoms with Gasteiger partial charge in [0.25, 0.3) is 0 Å². The van der Waals surface area contributed by atoms with Gasteiger partial charge < -0.3 is 25.1 Å². The molecule has 0 spiro atoms. The Balaban J connectivity index is 1.52. The van der Waals surface area contributed by atoms with Crippen LogP contribution >= 0.6 is 0 Å². The maximum absolute atomic E-state index is 13.4. The summed E-state index contributed by atoms with van der Waals surface area (Å²) in [5, 5.41) is 11.0. The van der Waals surface area contributed by atoms with E-state index in [4.69, 9.17) is 19.9 Å². The van der Waals surface area contributed by atoms with E-state index in [2.05, 4.69) is 61.5 Å². The molecule has 0 amide bonds. The van der Waals surface area contributed by atoms with Gasteiger partial charge in [-0.2, -0.15) is 0 Å². The van der Waals surface area contributed by atoms with Gasteiger partial charge in [-0.25, -0.2) is 0 Å². The Kier molecular flexibility index (Phi) is 9.97. The van der Waals surface area contributed by atoms with Crippen molar-refractivity contribution in [2.24, 2.45) is 62.4 Å². The van der Waals surface area contributed by atoms with Crippen LogP contribution in [0.15, 0.2) is 11.6 Å². The van der Waals surface area contributed by atoms with Crippen molar-refractivity contribution in [3.05, 3.63) is 11.6 Å². The lowest BCUT2D eigenvalue weighted by Gasteiger charge is -2.71. The number of allylic oxidation sites excluding steroid dienone is 1. The summed E-state index contributed by atoms with van der Waals surface area (Å²) >= 11 is 0. The molecule has 1 aliphatic heterocycles. The fraction of sp³-hybridized carbons (Fsp3) is 0.897.